The fraction of sp³-hybridized carbons (Fsp3) is 0.500. The lowest BCUT2D eigenvalue weighted by Gasteiger charge is -2.48. The molecule has 4 fully saturated rings. The fourth-order valence-electron chi connectivity index (χ4n) is 7.53. The van der Waals surface area contributed by atoms with Crippen LogP contribution in [0.15, 0.2) is 49.3 Å². The highest BCUT2D eigenvalue weighted by molar-refractivity contribution is 7.90. The molecular weight excluding hydrogens is 578 g/mol. The number of benzene rings is 1. The lowest BCUT2D eigenvalue weighted by molar-refractivity contribution is -0.126. The van der Waals surface area contributed by atoms with Gasteiger partial charge in [0.25, 0.3) is 0 Å². The van der Waals surface area contributed by atoms with Crippen LogP contribution >= 0.6 is 0 Å². The van der Waals surface area contributed by atoms with Crippen LogP contribution in [0.2, 0.25) is 0 Å². The van der Waals surface area contributed by atoms with Crippen molar-refractivity contribution < 1.29 is 17.9 Å². The molecule has 0 unspecified atom stereocenters. The zero-order valence-electron chi connectivity index (χ0n) is 25.2. The van der Waals surface area contributed by atoms with Gasteiger partial charge in [0.15, 0.2) is 0 Å². The Hall–Kier alpha value is -3.77. The number of fused-ring (bicyclic) bond motifs is 2. The summed E-state index contributed by atoms with van der Waals surface area (Å²) in [4.78, 5) is 33.4. The molecule has 11 nitrogen and oxygen atoms in total. The first-order valence-electron chi connectivity index (χ1n) is 15.4. The lowest BCUT2D eigenvalue weighted by Crippen LogP contribution is -2.57. The highest BCUT2D eigenvalue weighted by atomic mass is 32.2. The Balaban J connectivity index is 1.23. The van der Waals surface area contributed by atoms with Crippen molar-refractivity contribution in [3.63, 3.8) is 0 Å². The Morgan fingerprint density at radius 2 is 1.98 bits per heavy atom. The molecule has 0 spiro atoms. The van der Waals surface area contributed by atoms with Gasteiger partial charge in [-0.1, -0.05) is 12.6 Å². The molecule has 1 amide bonds. The van der Waals surface area contributed by atoms with Gasteiger partial charge in [-0.15, -0.1) is 0 Å². The molecule has 6 heterocycles. The third kappa shape index (κ3) is 5.27. The van der Waals surface area contributed by atoms with E-state index in [0.717, 1.165) is 54.4 Å². The van der Waals surface area contributed by atoms with E-state index in [-0.39, 0.29) is 29.7 Å². The van der Waals surface area contributed by atoms with Crippen molar-refractivity contribution in [3.05, 3.63) is 54.9 Å². The van der Waals surface area contributed by atoms with Gasteiger partial charge in [-0.2, -0.15) is 4.98 Å². The summed E-state index contributed by atoms with van der Waals surface area (Å²) in [5.74, 6) is 2.72. The summed E-state index contributed by atoms with van der Waals surface area (Å²) < 4.78 is 29.7. The number of anilines is 4. The highest BCUT2D eigenvalue weighted by Gasteiger charge is 2.40. The van der Waals surface area contributed by atoms with E-state index in [2.05, 4.69) is 45.7 Å². The predicted molar refractivity (Wildman–Crippen MR) is 171 cm³/mol. The number of nitrogens with one attached hydrogen (secondary N) is 1. The van der Waals surface area contributed by atoms with Crippen molar-refractivity contribution in [2.24, 2.45) is 11.8 Å². The molecule has 0 saturated carbocycles. The van der Waals surface area contributed by atoms with E-state index < -0.39 is 9.84 Å². The van der Waals surface area contributed by atoms with Crippen LogP contribution < -0.4 is 15.1 Å². The maximum Gasteiger partial charge on any atom is 0.246 e. The summed E-state index contributed by atoms with van der Waals surface area (Å²) in [5.41, 5.74) is 2.09. The van der Waals surface area contributed by atoms with Crippen molar-refractivity contribution in [2.45, 2.75) is 44.3 Å². The van der Waals surface area contributed by atoms with Gasteiger partial charge in [-0.05, 0) is 61.4 Å². The second-order valence-corrected chi connectivity index (χ2v) is 14.8. The van der Waals surface area contributed by atoms with E-state index in [1.807, 2.05) is 23.2 Å². The van der Waals surface area contributed by atoms with Crippen LogP contribution in [0, 0.1) is 11.8 Å². The normalized spacial score (nSPS) is 26.6. The SMILES string of the molecule is C=CC(=O)N1CCC[C@@H]1c1ccc(N2C[C@H](CS(C)(=O)=O)[C@H]2C)c2cnc(Nc3ccnc(N4CC[C@@H]5COC[C@@H]54)n3)cc12. The number of nitrogens with zero attached hydrogens (tertiary/aromatic N) is 6. The molecule has 1 N–H and O–H groups in total. The Kier molecular flexibility index (Phi) is 7.44. The quantitative estimate of drug-likeness (QED) is 0.375. The van der Waals surface area contributed by atoms with Gasteiger partial charge in [0.2, 0.25) is 11.9 Å². The summed E-state index contributed by atoms with van der Waals surface area (Å²) in [5, 5.41) is 5.39. The van der Waals surface area contributed by atoms with Gasteiger partial charge in [-0.3, -0.25) is 4.79 Å². The van der Waals surface area contributed by atoms with Crippen LogP contribution in [0.3, 0.4) is 0 Å². The van der Waals surface area contributed by atoms with Crippen molar-refractivity contribution in [1.29, 1.82) is 0 Å². The van der Waals surface area contributed by atoms with Gasteiger partial charge in [0.1, 0.15) is 21.5 Å². The molecule has 0 aliphatic carbocycles. The van der Waals surface area contributed by atoms with Gasteiger partial charge in [0.05, 0.1) is 31.1 Å². The average Bonchev–Trinajstić information content (AvgIpc) is 3.76. The number of amides is 1. The maximum absolute atomic E-state index is 12.8. The highest BCUT2D eigenvalue weighted by Crippen LogP contribution is 2.43. The average molecular weight is 618 g/mol. The van der Waals surface area contributed by atoms with E-state index in [1.54, 1.807) is 6.20 Å². The monoisotopic (exact) mass is 617 g/mol. The molecule has 5 atom stereocenters. The summed E-state index contributed by atoms with van der Waals surface area (Å²) in [6.07, 6.45) is 9.22. The lowest BCUT2D eigenvalue weighted by atomic mass is 9.89. The predicted octanol–water partition coefficient (Wildman–Crippen LogP) is 3.71. The number of hydrogen-bond acceptors (Lipinski definition) is 10. The number of sulfone groups is 1. The number of carbonyl (C=O) groups excluding carboxylic acids is 1. The number of aromatic nitrogens is 3. The first-order chi connectivity index (χ1) is 21.2. The summed E-state index contributed by atoms with van der Waals surface area (Å²) in [6.45, 7) is 9.59. The largest absolute Gasteiger partial charge is 0.379 e. The van der Waals surface area contributed by atoms with Crippen LogP contribution in [-0.2, 0) is 19.4 Å². The van der Waals surface area contributed by atoms with Crippen molar-refractivity contribution in [1.82, 2.24) is 19.9 Å². The van der Waals surface area contributed by atoms with Crippen LogP contribution in [0.25, 0.3) is 10.8 Å². The molecule has 4 aliphatic heterocycles. The number of ether oxygens (including phenoxy) is 1. The van der Waals surface area contributed by atoms with E-state index in [1.165, 1.54) is 12.3 Å². The van der Waals surface area contributed by atoms with Crippen molar-refractivity contribution >= 4 is 49.8 Å². The van der Waals surface area contributed by atoms with Crippen LogP contribution in [-0.4, -0.2) is 91.1 Å². The number of rotatable bonds is 8. The van der Waals surface area contributed by atoms with Crippen LogP contribution in [0.4, 0.5) is 23.3 Å². The van der Waals surface area contributed by atoms with Gasteiger partial charge >= 0.3 is 0 Å². The van der Waals surface area contributed by atoms with E-state index in [0.29, 0.717) is 49.2 Å². The Bertz CT molecular complexity index is 1720. The molecule has 0 bridgehead atoms. The fourth-order valence-corrected chi connectivity index (χ4v) is 8.69. The molecule has 12 heteroatoms. The minimum Gasteiger partial charge on any atom is -0.379 e. The summed E-state index contributed by atoms with van der Waals surface area (Å²) in [7, 11) is -3.06. The summed E-state index contributed by atoms with van der Waals surface area (Å²) >= 11 is 0. The Morgan fingerprint density at radius 1 is 1.11 bits per heavy atom. The number of likely N-dealkylation sites (tertiary alicyclic amines) is 1. The second kappa shape index (κ2) is 11.3. The number of carbonyl (C=O) groups is 1. The minimum absolute atomic E-state index is 0.0672. The molecule has 7 rings (SSSR count). The maximum atomic E-state index is 12.8. The van der Waals surface area contributed by atoms with E-state index in [4.69, 9.17) is 14.7 Å². The number of pyridine rings is 1. The molecule has 232 valence electrons. The van der Waals surface area contributed by atoms with Gasteiger partial charge < -0.3 is 24.8 Å². The first kappa shape index (κ1) is 29.0. The smallest absolute Gasteiger partial charge is 0.246 e. The number of hydrogen-bond donors (Lipinski definition) is 1. The molecule has 3 aromatic rings. The Morgan fingerprint density at radius 3 is 2.77 bits per heavy atom. The molecule has 4 saturated heterocycles. The third-order valence-corrected chi connectivity index (χ3v) is 10.9. The standard InChI is InChI=1S/C32H39N7O4S/c1-4-31(40)37-12-5-6-26(37)23-7-8-27(39-16-22(20(39)2)19-44(3,41)42)25-15-34-30(14-24(23)25)35-29-9-11-33-32(36-29)38-13-10-21-17-43-18-28(21)38/h4,7-9,11,14-15,20-22,26,28H,1,5-6,10,12-13,16-19H2,2-3H3,(H,33,34,35,36)/t20-,21-,22-,26-,28+/m1/s1. The zero-order valence-corrected chi connectivity index (χ0v) is 26.0. The molecule has 44 heavy (non-hydrogen) atoms. The van der Waals surface area contributed by atoms with E-state index >= 15 is 0 Å². The van der Waals surface area contributed by atoms with Crippen LogP contribution in [0.1, 0.15) is 37.8 Å². The molecular formula is C32H39N7O4S. The van der Waals surface area contributed by atoms with Crippen molar-refractivity contribution in [3.8, 4) is 0 Å². The topological polar surface area (TPSA) is 121 Å². The second-order valence-electron chi connectivity index (χ2n) is 12.6. The van der Waals surface area contributed by atoms with Crippen LogP contribution in [0.5, 0.6) is 0 Å². The molecule has 2 aromatic heterocycles. The third-order valence-electron chi connectivity index (χ3n) is 9.87. The van der Waals surface area contributed by atoms with Crippen molar-refractivity contribution in [2.75, 3.05) is 60.0 Å². The molecule has 0 radical (unpaired) electrons. The minimum atomic E-state index is -3.06. The molecule has 4 aliphatic rings. The summed E-state index contributed by atoms with van der Waals surface area (Å²) in [6, 6.07) is 8.43. The van der Waals surface area contributed by atoms with E-state index in [9.17, 15) is 13.2 Å². The Labute approximate surface area is 258 Å². The molecule has 1 aromatic carbocycles. The zero-order chi connectivity index (χ0) is 30.6. The van der Waals surface area contributed by atoms with Gasteiger partial charge in [0, 0.05) is 67.2 Å². The first-order valence-corrected chi connectivity index (χ1v) is 17.5. The van der Waals surface area contributed by atoms with Gasteiger partial charge in [-0.25, -0.2) is 18.4 Å².